The minimum Gasteiger partial charge on any atom is -0.456 e. The molecule has 0 amide bonds. The van der Waals surface area contributed by atoms with Crippen LogP contribution < -0.4 is 4.90 Å². The molecule has 2 nitrogen and oxygen atoms in total. The Morgan fingerprint density at radius 3 is 1.88 bits per heavy atom. The summed E-state index contributed by atoms with van der Waals surface area (Å²) < 4.78 is 6.33. The summed E-state index contributed by atoms with van der Waals surface area (Å²) in [5.41, 5.74) is 11.2. The minimum absolute atomic E-state index is 0.0153. The first-order chi connectivity index (χ1) is 24.4. The fourth-order valence-corrected chi connectivity index (χ4v) is 7.48. The van der Waals surface area contributed by atoms with E-state index >= 15 is 0 Å². The van der Waals surface area contributed by atoms with Crippen LogP contribution in [-0.2, 0) is 5.41 Å². The Labute approximate surface area is 292 Å². The summed E-state index contributed by atoms with van der Waals surface area (Å²) in [6.07, 6.45) is 0. The lowest BCUT2D eigenvalue weighted by Gasteiger charge is -2.32. The fourth-order valence-electron chi connectivity index (χ4n) is 7.48. The Bertz CT molecular complexity index is 2690. The van der Waals surface area contributed by atoms with Crippen molar-refractivity contribution in [3.05, 3.63) is 175 Å². The third kappa shape index (κ3) is 5.04. The lowest BCUT2D eigenvalue weighted by atomic mass is 9.84. The average molecular weight is 644 g/mol. The predicted molar refractivity (Wildman–Crippen MR) is 213 cm³/mol. The Morgan fingerprint density at radius 1 is 0.440 bits per heavy atom. The van der Waals surface area contributed by atoms with Crippen molar-refractivity contribution in [2.75, 3.05) is 4.90 Å². The van der Waals surface area contributed by atoms with Gasteiger partial charge in [0.2, 0.25) is 0 Å². The Morgan fingerprint density at radius 2 is 1.08 bits per heavy atom. The molecule has 0 unspecified atom stereocenters. The first-order valence-electron chi connectivity index (χ1n) is 17.4. The molecule has 0 aliphatic heterocycles. The van der Waals surface area contributed by atoms with Crippen LogP contribution in [0.25, 0.3) is 65.7 Å². The quantitative estimate of drug-likeness (QED) is 0.186. The number of anilines is 3. The molecule has 0 fully saturated rings. The van der Waals surface area contributed by atoms with Gasteiger partial charge >= 0.3 is 0 Å². The topological polar surface area (TPSA) is 16.4 Å². The highest BCUT2D eigenvalue weighted by Gasteiger charge is 2.25. The molecule has 240 valence electrons. The molecule has 0 radical (unpaired) electrons. The van der Waals surface area contributed by atoms with Crippen molar-refractivity contribution >= 4 is 60.5 Å². The summed E-state index contributed by atoms with van der Waals surface area (Å²) in [4.78, 5) is 2.47. The van der Waals surface area contributed by atoms with E-state index in [1.165, 1.54) is 49.4 Å². The zero-order valence-electron chi connectivity index (χ0n) is 28.5. The summed E-state index contributed by atoms with van der Waals surface area (Å²) in [7, 11) is 0. The zero-order chi connectivity index (χ0) is 33.8. The van der Waals surface area contributed by atoms with Crippen molar-refractivity contribution in [3.63, 3.8) is 0 Å². The molecule has 2 heteroatoms. The predicted octanol–water partition coefficient (Wildman–Crippen LogP) is 14.0. The van der Waals surface area contributed by atoms with Crippen LogP contribution in [0, 0.1) is 0 Å². The van der Waals surface area contributed by atoms with Crippen molar-refractivity contribution in [3.8, 4) is 22.3 Å². The van der Waals surface area contributed by atoms with Gasteiger partial charge in [0.15, 0.2) is 0 Å². The number of hydrogen-bond donors (Lipinski definition) is 0. The highest BCUT2D eigenvalue weighted by molar-refractivity contribution is 6.13. The van der Waals surface area contributed by atoms with E-state index in [0.29, 0.717) is 0 Å². The van der Waals surface area contributed by atoms with Gasteiger partial charge < -0.3 is 9.32 Å². The van der Waals surface area contributed by atoms with Gasteiger partial charge in [0.05, 0.1) is 11.4 Å². The van der Waals surface area contributed by atoms with Gasteiger partial charge in [0.25, 0.3) is 0 Å². The second-order valence-corrected chi connectivity index (χ2v) is 14.2. The molecule has 1 heterocycles. The molecule has 9 aromatic rings. The molecule has 0 bridgehead atoms. The number of hydrogen-bond acceptors (Lipinski definition) is 2. The van der Waals surface area contributed by atoms with Crippen molar-refractivity contribution in [1.82, 2.24) is 0 Å². The highest BCUT2D eigenvalue weighted by Crippen LogP contribution is 2.49. The second-order valence-electron chi connectivity index (χ2n) is 14.2. The standard InChI is InChI=1S/C48H37NO/c1-48(2,3)35-25-28-43(41(30-35)33-14-5-4-6-15-33)49(36-26-29-46-42(31-36)39-21-11-12-23-45(39)50-46)44-27-24-34-17-8-10-20-38(34)47(44)40-22-13-18-32-16-7-9-19-37(32)40/h4-31H,1-3H3. The van der Waals surface area contributed by atoms with Crippen molar-refractivity contribution < 1.29 is 4.42 Å². The molecule has 0 spiro atoms. The minimum atomic E-state index is -0.0153. The van der Waals surface area contributed by atoms with Crippen LogP contribution in [0.2, 0.25) is 0 Å². The van der Waals surface area contributed by atoms with E-state index in [9.17, 15) is 0 Å². The number of furan rings is 1. The van der Waals surface area contributed by atoms with Crippen molar-refractivity contribution in [1.29, 1.82) is 0 Å². The lowest BCUT2D eigenvalue weighted by molar-refractivity contribution is 0.590. The zero-order valence-corrected chi connectivity index (χ0v) is 28.5. The maximum atomic E-state index is 6.33. The molecule has 0 aliphatic rings. The van der Waals surface area contributed by atoms with E-state index < -0.39 is 0 Å². The summed E-state index contributed by atoms with van der Waals surface area (Å²) in [6, 6.07) is 61.5. The van der Waals surface area contributed by atoms with E-state index in [0.717, 1.165) is 39.0 Å². The number of nitrogens with zero attached hydrogens (tertiary/aromatic N) is 1. The molecule has 9 rings (SSSR count). The SMILES string of the molecule is CC(C)(C)c1ccc(N(c2ccc3oc4ccccc4c3c2)c2ccc3ccccc3c2-c2cccc3ccccc23)c(-c2ccccc2)c1. The van der Waals surface area contributed by atoms with Gasteiger partial charge in [0, 0.05) is 27.6 Å². The molecule has 1 aromatic heterocycles. The first kappa shape index (κ1) is 30.0. The van der Waals surface area contributed by atoms with Crippen LogP contribution in [0.3, 0.4) is 0 Å². The lowest BCUT2D eigenvalue weighted by Crippen LogP contribution is -2.15. The van der Waals surface area contributed by atoms with Gasteiger partial charge in [-0.1, -0.05) is 148 Å². The molecule has 50 heavy (non-hydrogen) atoms. The molecule has 0 saturated carbocycles. The van der Waals surface area contributed by atoms with Gasteiger partial charge in [-0.25, -0.2) is 0 Å². The third-order valence-electron chi connectivity index (χ3n) is 10.0. The number of fused-ring (bicyclic) bond motifs is 5. The summed E-state index contributed by atoms with van der Waals surface area (Å²) in [6.45, 7) is 6.86. The Kier molecular flexibility index (Phi) is 7.07. The van der Waals surface area contributed by atoms with Gasteiger partial charge in [-0.15, -0.1) is 0 Å². The molecule has 0 saturated heterocycles. The second kappa shape index (κ2) is 11.8. The van der Waals surface area contributed by atoms with E-state index in [1.807, 2.05) is 12.1 Å². The number of benzene rings is 8. The van der Waals surface area contributed by atoms with Gasteiger partial charge in [0.1, 0.15) is 11.2 Å². The van der Waals surface area contributed by atoms with Gasteiger partial charge in [-0.2, -0.15) is 0 Å². The van der Waals surface area contributed by atoms with Gasteiger partial charge in [-0.05, 0) is 86.1 Å². The van der Waals surface area contributed by atoms with E-state index in [-0.39, 0.29) is 5.41 Å². The number of rotatable bonds is 5. The molecule has 0 atom stereocenters. The largest absolute Gasteiger partial charge is 0.456 e. The molecule has 0 aliphatic carbocycles. The molecular formula is C48H37NO. The normalized spacial score (nSPS) is 11.9. The number of para-hydroxylation sites is 1. The molecular weight excluding hydrogens is 607 g/mol. The van der Waals surface area contributed by atoms with Crippen LogP contribution in [0.1, 0.15) is 26.3 Å². The Hall–Kier alpha value is -6.12. The third-order valence-corrected chi connectivity index (χ3v) is 10.0. The first-order valence-corrected chi connectivity index (χ1v) is 17.4. The van der Waals surface area contributed by atoms with E-state index in [4.69, 9.17) is 4.42 Å². The fraction of sp³-hybridized carbons (Fsp3) is 0.0833. The van der Waals surface area contributed by atoms with Gasteiger partial charge in [-0.3, -0.25) is 0 Å². The maximum Gasteiger partial charge on any atom is 0.135 e. The summed E-state index contributed by atoms with van der Waals surface area (Å²) in [5, 5.41) is 7.10. The maximum absolute atomic E-state index is 6.33. The van der Waals surface area contributed by atoms with Crippen molar-refractivity contribution in [2.24, 2.45) is 0 Å². The highest BCUT2D eigenvalue weighted by atomic mass is 16.3. The van der Waals surface area contributed by atoms with Crippen LogP contribution in [-0.4, -0.2) is 0 Å². The van der Waals surface area contributed by atoms with Crippen LogP contribution >= 0.6 is 0 Å². The van der Waals surface area contributed by atoms with E-state index in [2.05, 4.69) is 183 Å². The average Bonchev–Trinajstić information content (AvgIpc) is 3.53. The summed E-state index contributed by atoms with van der Waals surface area (Å²) >= 11 is 0. The smallest absolute Gasteiger partial charge is 0.135 e. The van der Waals surface area contributed by atoms with Crippen LogP contribution in [0.15, 0.2) is 174 Å². The van der Waals surface area contributed by atoms with Crippen molar-refractivity contribution in [2.45, 2.75) is 26.2 Å². The molecule has 0 N–H and O–H groups in total. The summed E-state index contributed by atoms with van der Waals surface area (Å²) in [5.74, 6) is 0. The monoisotopic (exact) mass is 643 g/mol. The van der Waals surface area contributed by atoms with Crippen LogP contribution in [0.5, 0.6) is 0 Å². The Balaban J connectivity index is 1.42. The van der Waals surface area contributed by atoms with E-state index in [1.54, 1.807) is 0 Å². The molecule has 8 aromatic carbocycles. The van der Waals surface area contributed by atoms with Crippen LogP contribution in [0.4, 0.5) is 17.1 Å².